The summed E-state index contributed by atoms with van der Waals surface area (Å²) < 4.78 is 18.8. The third-order valence-corrected chi connectivity index (χ3v) is 5.74. The van der Waals surface area contributed by atoms with Crippen LogP contribution in [0.3, 0.4) is 0 Å². The second kappa shape index (κ2) is 9.58. The second-order valence-corrected chi connectivity index (χ2v) is 7.55. The molecule has 0 aliphatic carbocycles. The van der Waals surface area contributed by atoms with Gasteiger partial charge in [0.2, 0.25) is 0 Å². The quantitative estimate of drug-likeness (QED) is 0.684. The van der Waals surface area contributed by atoms with Gasteiger partial charge in [-0.1, -0.05) is 42.5 Å². The summed E-state index contributed by atoms with van der Waals surface area (Å²) in [6.07, 6.45) is 0. The van der Waals surface area contributed by atoms with Crippen molar-refractivity contribution in [1.82, 2.24) is 21.1 Å². The highest BCUT2D eigenvalue weighted by molar-refractivity contribution is 5.22. The standard InChI is InChI=1S/C22H29FN4O/c23-20-8-6-18(7-9-20)22-19(15-25-26-22)14-24-16-21(17-4-2-1-3-5-17)27-10-12-28-13-11-27/h1-9,19,21-22,24-26H,10-16H2. The van der Waals surface area contributed by atoms with E-state index < -0.39 is 0 Å². The highest BCUT2D eigenvalue weighted by Gasteiger charge is 2.29. The molecule has 2 aromatic rings. The molecule has 6 heteroatoms. The highest BCUT2D eigenvalue weighted by atomic mass is 19.1. The molecule has 2 fully saturated rings. The van der Waals surface area contributed by atoms with E-state index in [0.29, 0.717) is 12.0 Å². The average molecular weight is 384 g/mol. The molecule has 2 aromatic carbocycles. The molecule has 0 bridgehead atoms. The van der Waals surface area contributed by atoms with E-state index in [1.807, 2.05) is 12.1 Å². The lowest BCUT2D eigenvalue weighted by atomic mass is 9.94. The molecule has 2 heterocycles. The number of nitrogens with zero attached hydrogens (tertiary/aromatic N) is 1. The molecule has 4 rings (SSSR count). The van der Waals surface area contributed by atoms with Gasteiger partial charge in [0, 0.05) is 44.7 Å². The van der Waals surface area contributed by atoms with Gasteiger partial charge in [-0.05, 0) is 23.3 Å². The SMILES string of the molecule is Fc1ccc(C2NNCC2CNCC(c2ccccc2)N2CCOCC2)cc1. The lowest BCUT2D eigenvalue weighted by molar-refractivity contribution is 0.0160. The zero-order valence-electron chi connectivity index (χ0n) is 16.1. The fourth-order valence-electron chi connectivity index (χ4n) is 4.18. The Morgan fingerprint density at radius 1 is 1.07 bits per heavy atom. The zero-order chi connectivity index (χ0) is 19.2. The first kappa shape index (κ1) is 19.5. The van der Waals surface area contributed by atoms with Crippen molar-refractivity contribution < 1.29 is 9.13 Å². The van der Waals surface area contributed by atoms with Crippen LogP contribution in [0.4, 0.5) is 4.39 Å². The number of rotatable bonds is 7. The predicted octanol–water partition coefficient (Wildman–Crippen LogP) is 2.25. The molecule has 2 saturated heterocycles. The minimum absolute atomic E-state index is 0.187. The van der Waals surface area contributed by atoms with Gasteiger partial charge in [0.1, 0.15) is 5.82 Å². The van der Waals surface area contributed by atoms with Crippen LogP contribution in [0, 0.1) is 11.7 Å². The molecule has 150 valence electrons. The molecule has 3 N–H and O–H groups in total. The molecule has 2 aliphatic heterocycles. The lowest BCUT2D eigenvalue weighted by Gasteiger charge is -2.35. The number of benzene rings is 2. The van der Waals surface area contributed by atoms with Gasteiger partial charge >= 0.3 is 0 Å². The number of ether oxygens (including phenoxy) is 1. The fraction of sp³-hybridized carbons (Fsp3) is 0.455. The van der Waals surface area contributed by atoms with Crippen molar-refractivity contribution in [3.63, 3.8) is 0 Å². The van der Waals surface area contributed by atoms with Crippen LogP contribution in [0.5, 0.6) is 0 Å². The summed E-state index contributed by atoms with van der Waals surface area (Å²) in [5.74, 6) is 0.215. The van der Waals surface area contributed by atoms with E-state index in [9.17, 15) is 4.39 Å². The molecule has 2 aliphatic rings. The zero-order valence-corrected chi connectivity index (χ0v) is 16.1. The van der Waals surface area contributed by atoms with Crippen molar-refractivity contribution in [3.05, 3.63) is 71.5 Å². The van der Waals surface area contributed by atoms with E-state index in [2.05, 4.69) is 51.4 Å². The van der Waals surface area contributed by atoms with Gasteiger partial charge in [0.05, 0.1) is 19.3 Å². The second-order valence-electron chi connectivity index (χ2n) is 7.55. The van der Waals surface area contributed by atoms with Crippen molar-refractivity contribution in [2.24, 2.45) is 5.92 Å². The van der Waals surface area contributed by atoms with Gasteiger partial charge in [0.15, 0.2) is 0 Å². The number of nitrogens with one attached hydrogen (secondary N) is 3. The number of morpholine rings is 1. The number of hydrazine groups is 1. The van der Waals surface area contributed by atoms with E-state index in [0.717, 1.165) is 51.5 Å². The number of hydrogen-bond acceptors (Lipinski definition) is 5. The summed E-state index contributed by atoms with van der Waals surface area (Å²) in [6.45, 7) is 6.21. The summed E-state index contributed by atoms with van der Waals surface area (Å²) in [5.41, 5.74) is 9.05. The summed E-state index contributed by atoms with van der Waals surface area (Å²) in [4.78, 5) is 2.51. The maximum Gasteiger partial charge on any atom is 0.123 e. The fourth-order valence-corrected chi connectivity index (χ4v) is 4.18. The third-order valence-electron chi connectivity index (χ3n) is 5.74. The minimum Gasteiger partial charge on any atom is -0.379 e. The maximum absolute atomic E-state index is 13.2. The van der Waals surface area contributed by atoms with Crippen LogP contribution in [-0.2, 0) is 4.74 Å². The Balaban J connectivity index is 1.37. The maximum atomic E-state index is 13.2. The first-order chi connectivity index (χ1) is 13.8. The third kappa shape index (κ3) is 4.77. The number of halogens is 1. The van der Waals surface area contributed by atoms with Crippen molar-refractivity contribution in [2.75, 3.05) is 45.9 Å². The Kier molecular flexibility index (Phi) is 6.67. The summed E-state index contributed by atoms with van der Waals surface area (Å²) in [6, 6.07) is 18.0. The molecule has 0 spiro atoms. The predicted molar refractivity (Wildman–Crippen MR) is 108 cm³/mol. The highest BCUT2D eigenvalue weighted by Crippen LogP contribution is 2.25. The molecule has 3 unspecified atom stereocenters. The molecule has 0 aromatic heterocycles. The number of hydrogen-bond donors (Lipinski definition) is 3. The van der Waals surface area contributed by atoms with Crippen LogP contribution < -0.4 is 16.2 Å². The van der Waals surface area contributed by atoms with Crippen LogP contribution >= 0.6 is 0 Å². The first-order valence-electron chi connectivity index (χ1n) is 10.1. The normalized spacial score (nSPS) is 24.3. The van der Waals surface area contributed by atoms with Crippen LogP contribution in [0.25, 0.3) is 0 Å². The molecule has 0 amide bonds. The van der Waals surface area contributed by atoms with Crippen molar-refractivity contribution in [3.8, 4) is 0 Å². The smallest absolute Gasteiger partial charge is 0.123 e. The summed E-state index contributed by atoms with van der Waals surface area (Å²) >= 11 is 0. The van der Waals surface area contributed by atoms with Crippen LogP contribution in [0.15, 0.2) is 54.6 Å². The van der Waals surface area contributed by atoms with Gasteiger partial charge < -0.3 is 10.1 Å². The van der Waals surface area contributed by atoms with Gasteiger partial charge in [-0.15, -0.1) is 0 Å². The van der Waals surface area contributed by atoms with E-state index in [-0.39, 0.29) is 11.9 Å². The van der Waals surface area contributed by atoms with E-state index >= 15 is 0 Å². The molecular weight excluding hydrogens is 355 g/mol. The average Bonchev–Trinajstić information content (AvgIpc) is 3.21. The molecule has 5 nitrogen and oxygen atoms in total. The first-order valence-corrected chi connectivity index (χ1v) is 10.1. The van der Waals surface area contributed by atoms with Gasteiger partial charge in [-0.2, -0.15) is 0 Å². The Labute approximate surface area is 166 Å². The van der Waals surface area contributed by atoms with Crippen molar-refractivity contribution >= 4 is 0 Å². The Morgan fingerprint density at radius 2 is 1.82 bits per heavy atom. The van der Waals surface area contributed by atoms with Gasteiger partial charge in [-0.25, -0.2) is 9.82 Å². The Hall–Kier alpha value is -1.83. The van der Waals surface area contributed by atoms with Gasteiger partial charge in [0.25, 0.3) is 0 Å². The van der Waals surface area contributed by atoms with Crippen molar-refractivity contribution in [1.29, 1.82) is 0 Å². The van der Waals surface area contributed by atoms with Crippen LogP contribution in [-0.4, -0.2) is 50.8 Å². The molecule has 0 radical (unpaired) electrons. The van der Waals surface area contributed by atoms with E-state index in [4.69, 9.17) is 4.74 Å². The molecule has 3 atom stereocenters. The topological polar surface area (TPSA) is 48.6 Å². The molecule has 0 saturated carbocycles. The molecule has 28 heavy (non-hydrogen) atoms. The Bertz CT molecular complexity index is 721. The van der Waals surface area contributed by atoms with Gasteiger partial charge in [-0.3, -0.25) is 10.3 Å². The minimum atomic E-state index is -0.194. The van der Waals surface area contributed by atoms with Crippen LogP contribution in [0.2, 0.25) is 0 Å². The summed E-state index contributed by atoms with van der Waals surface area (Å²) in [7, 11) is 0. The van der Waals surface area contributed by atoms with E-state index in [1.165, 1.54) is 17.7 Å². The van der Waals surface area contributed by atoms with Crippen molar-refractivity contribution in [2.45, 2.75) is 12.1 Å². The summed E-state index contributed by atoms with van der Waals surface area (Å²) in [5, 5.41) is 3.70. The monoisotopic (exact) mass is 384 g/mol. The largest absolute Gasteiger partial charge is 0.379 e. The lowest BCUT2D eigenvalue weighted by Crippen LogP contribution is -2.43. The van der Waals surface area contributed by atoms with Crippen LogP contribution in [0.1, 0.15) is 23.2 Å². The van der Waals surface area contributed by atoms with E-state index in [1.54, 1.807) is 0 Å². The molecular formula is C22H29FN4O. The Morgan fingerprint density at radius 3 is 2.57 bits per heavy atom.